The predicted molar refractivity (Wildman–Crippen MR) is 47.9 cm³/mol. The Balaban J connectivity index is 3.39. The van der Waals surface area contributed by atoms with Crippen LogP contribution in [0.15, 0.2) is 24.8 Å². The first-order chi connectivity index (χ1) is 5.66. The minimum Gasteiger partial charge on any atom is -0.258 e. The molecular weight excluding hydrogens is 154 g/mol. The van der Waals surface area contributed by atoms with Crippen molar-refractivity contribution in [3.8, 4) is 0 Å². The molecule has 62 valence electrons. The number of nitrogens with zero attached hydrogens (tertiary/aromatic N) is 1. The molecule has 0 atom stereocenters. The van der Waals surface area contributed by atoms with E-state index in [2.05, 4.69) is 6.58 Å². The summed E-state index contributed by atoms with van der Waals surface area (Å²) < 4.78 is 0. The van der Waals surface area contributed by atoms with Gasteiger partial charge < -0.3 is 0 Å². The summed E-state index contributed by atoms with van der Waals surface area (Å²) in [5, 5.41) is 10.6. The molecule has 3 nitrogen and oxygen atoms in total. The standard InChI is InChI=1S/C9H9NO2/c1-3-8-6-4-5-7(2)9(8)10(11)12/h3-6H,1H2,2H3. The Hall–Kier alpha value is -1.64. The SMILES string of the molecule is C=Cc1cccc(C)c1[N+](=O)[O-]. The van der Waals surface area contributed by atoms with Gasteiger partial charge in [0.05, 0.1) is 10.5 Å². The zero-order valence-corrected chi connectivity index (χ0v) is 6.78. The second-order valence-electron chi connectivity index (χ2n) is 2.47. The van der Waals surface area contributed by atoms with Gasteiger partial charge in [-0.1, -0.05) is 24.8 Å². The summed E-state index contributed by atoms with van der Waals surface area (Å²) in [5.74, 6) is 0. The van der Waals surface area contributed by atoms with E-state index in [0.717, 1.165) is 0 Å². The minimum atomic E-state index is -0.383. The molecule has 0 amide bonds. The summed E-state index contributed by atoms with van der Waals surface area (Å²) in [6.45, 7) is 5.22. The lowest BCUT2D eigenvalue weighted by molar-refractivity contribution is -0.385. The van der Waals surface area contributed by atoms with Gasteiger partial charge >= 0.3 is 0 Å². The highest BCUT2D eigenvalue weighted by molar-refractivity contribution is 5.62. The van der Waals surface area contributed by atoms with Crippen LogP contribution < -0.4 is 0 Å². The van der Waals surface area contributed by atoms with E-state index in [-0.39, 0.29) is 10.6 Å². The van der Waals surface area contributed by atoms with Crippen LogP contribution in [0.1, 0.15) is 11.1 Å². The molecule has 1 rings (SSSR count). The third kappa shape index (κ3) is 1.34. The number of nitro benzene ring substituents is 1. The number of benzene rings is 1. The van der Waals surface area contributed by atoms with Crippen molar-refractivity contribution in [3.05, 3.63) is 46.0 Å². The molecule has 0 fully saturated rings. The van der Waals surface area contributed by atoms with Crippen molar-refractivity contribution in [2.24, 2.45) is 0 Å². The first-order valence-electron chi connectivity index (χ1n) is 3.53. The molecule has 0 bridgehead atoms. The molecule has 0 aliphatic rings. The molecule has 0 heterocycles. The van der Waals surface area contributed by atoms with Crippen LogP contribution >= 0.6 is 0 Å². The van der Waals surface area contributed by atoms with Crippen LogP contribution in [0.3, 0.4) is 0 Å². The molecule has 0 saturated carbocycles. The Labute approximate surface area is 70.5 Å². The Morgan fingerprint density at radius 3 is 2.67 bits per heavy atom. The summed E-state index contributed by atoms with van der Waals surface area (Å²) in [7, 11) is 0. The monoisotopic (exact) mass is 163 g/mol. The van der Waals surface area contributed by atoms with E-state index in [9.17, 15) is 10.1 Å². The van der Waals surface area contributed by atoms with Gasteiger partial charge in [-0.2, -0.15) is 0 Å². The maximum atomic E-state index is 10.6. The largest absolute Gasteiger partial charge is 0.279 e. The quantitative estimate of drug-likeness (QED) is 0.496. The number of nitro groups is 1. The number of hydrogen-bond acceptors (Lipinski definition) is 2. The summed E-state index contributed by atoms with van der Waals surface area (Å²) in [4.78, 5) is 10.2. The molecule has 0 aliphatic heterocycles. The van der Waals surface area contributed by atoms with Crippen molar-refractivity contribution >= 4 is 11.8 Å². The average Bonchev–Trinajstić information content (AvgIpc) is 2.03. The van der Waals surface area contributed by atoms with E-state index in [1.165, 1.54) is 6.08 Å². The highest BCUT2D eigenvalue weighted by Gasteiger charge is 2.13. The summed E-state index contributed by atoms with van der Waals surface area (Å²) >= 11 is 0. The molecule has 0 aromatic heterocycles. The molecule has 0 spiro atoms. The van der Waals surface area contributed by atoms with E-state index in [1.807, 2.05) is 0 Å². The molecule has 12 heavy (non-hydrogen) atoms. The first-order valence-corrected chi connectivity index (χ1v) is 3.53. The highest BCUT2D eigenvalue weighted by Crippen LogP contribution is 2.23. The Morgan fingerprint density at radius 1 is 1.58 bits per heavy atom. The Kier molecular flexibility index (Phi) is 2.24. The van der Waals surface area contributed by atoms with Gasteiger partial charge in [-0.25, -0.2) is 0 Å². The van der Waals surface area contributed by atoms with Crippen molar-refractivity contribution < 1.29 is 4.92 Å². The van der Waals surface area contributed by atoms with Crippen LogP contribution in [-0.2, 0) is 0 Å². The third-order valence-corrected chi connectivity index (χ3v) is 1.67. The van der Waals surface area contributed by atoms with Crippen molar-refractivity contribution in [2.45, 2.75) is 6.92 Å². The molecule has 0 N–H and O–H groups in total. The molecule has 1 aromatic rings. The van der Waals surface area contributed by atoms with Gasteiger partial charge in [0.2, 0.25) is 0 Å². The molecular formula is C9H9NO2. The van der Waals surface area contributed by atoms with E-state index in [0.29, 0.717) is 11.1 Å². The lowest BCUT2D eigenvalue weighted by atomic mass is 10.1. The molecule has 0 radical (unpaired) electrons. The highest BCUT2D eigenvalue weighted by atomic mass is 16.6. The molecule has 3 heteroatoms. The third-order valence-electron chi connectivity index (χ3n) is 1.67. The Morgan fingerprint density at radius 2 is 2.25 bits per heavy atom. The maximum absolute atomic E-state index is 10.6. The second kappa shape index (κ2) is 3.17. The predicted octanol–water partition coefficient (Wildman–Crippen LogP) is 2.55. The van der Waals surface area contributed by atoms with E-state index < -0.39 is 0 Å². The smallest absolute Gasteiger partial charge is 0.258 e. The van der Waals surface area contributed by atoms with Crippen LogP contribution in [-0.4, -0.2) is 4.92 Å². The molecule has 0 saturated heterocycles. The number of aryl methyl sites for hydroxylation is 1. The summed E-state index contributed by atoms with van der Waals surface area (Å²) in [5.41, 5.74) is 1.38. The van der Waals surface area contributed by atoms with Gasteiger partial charge in [0.1, 0.15) is 0 Å². The minimum absolute atomic E-state index is 0.146. The number of hydrogen-bond donors (Lipinski definition) is 0. The van der Waals surface area contributed by atoms with Crippen LogP contribution in [0.2, 0.25) is 0 Å². The lowest BCUT2D eigenvalue weighted by Crippen LogP contribution is -1.93. The van der Waals surface area contributed by atoms with Gasteiger partial charge in [-0.3, -0.25) is 10.1 Å². The number of para-hydroxylation sites is 1. The van der Waals surface area contributed by atoms with E-state index >= 15 is 0 Å². The number of rotatable bonds is 2. The fourth-order valence-corrected chi connectivity index (χ4v) is 1.10. The van der Waals surface area contributed by atoms with Gasteiger partial charge in [0.15, 0.2) is 0 Å². The van der Waals surface area contributed by atoms with Gasteiger partial charge in [0.25, 0.3) is 5.69 Å². The zero-order chi connectivity index (χ0) is 9.14. The van der Waals surface area contributed by atoms with Gasteiger partial charge in [-0.15, -0.1) is 0 Å². The maximum Gasteiger partial charge on any atom is 0.279 e. The van der Waals surface area contributed by atoms with Gasteiger partial charge in [0, 0.05) is 5.56 Å². The summed E-state index contributed by atoms with van der Waals surface area (Å²) in [6.07, 6.45) is 1.49. The first kappa shape index (κ1) is 8.46. The lowest BCUT2D eigenvalue weighted by Gasteiger charge is -1.99. The van der Waals surface area contributed by atoms with E-state index in [4.69, 9.17) is 0 Å². The van der Waals surface area contributed by atoms with Crippen LogP contribution in [0, 0.1) is 17.0 Å². The summed E-state index contributed by atoms with van der Waals surface area (Å²) in [6, 6.07) is 5.17. The van der Waals surface area contributed by atoms with E-state index in [1.54, 1.807) is 25.1 Å². The van der Waals surface area contributed by atoms with Crippen molar-refractivity contribution in [2.75, 3.05) is 0 Å². The fourth-order valence-electron chi connectivity index (χ4n) is 1.10. The normalized spacial score (nSPS) is 9.42. The fraction of sp³-hybridized carbons (Fsp3) is 0.111. The molecule has 1 aromatic carbocycles. The molecule has 0 aliphatic carbocycles. The van der Waals surface area contributed by atoms with Gasteiger partial charge in [-0.05, 0) is 13.0 Å². The van der Waals surface area contributed by atoms with Crippen LogP contribution in [0.25, 0.3) is 6.08 Å². The second-order valence-corrected chi connectivity index (χ2v) is 2.47. The van der Waals surface area contributed by atoms with Crippen LogP contribution in [0.5, 0.6) is 0 Å². The van der Waals surface area contributed by atoms with Crippen molar-refractivity contribution in [1.82, 2.24) is 0 Å². The van der Waals surface area contributed by atoms with Crippen molar-refractivity contribution in [1.29, 1.82) is 0 Å². The average molecular weight is 163 g/mol. The Bertz CT molecular complexity index is 331. The zero-order valence-electron chi connectivity index (χ0n) is 6.78. The van der Waals surface area contributed by atoms with Crippen LogP contribution in [0.4, 0.5) is 5.69 Å². The topological polar surface area (TPSA) is 43.1 Å². The van der Waals surface area contributed by atoms with Crippen molar-refractivity contribution in [3.63, 3.8) is 0 Å². The molecule has 0 unspecified atom stereocenters.